The van der Waals surface area contributed by atoms with Gasteiger partial charge in [-0.2, -0.15) is 0 Å². The van der Waals surface area contributed by atoms with Crippen molar-refractivity contribution in [2.45, 2.75) is 58.3 Å². The molecule has 110 valence electrons. The van der Waals surface area contributed by atoms with Crippen LogP contribution >= 0.6 is 0 Å². The lowest BCUT2D eigenvalue weighted by Crippen LogP contribution is -2.46. The lowest BCUT2D eigenvalue weighted by molar-refractivity contribution is -0.171. The average molecular weight is 286 g/mol. The molecule has 0 atom stereocenters. The molecule has 1 rings (SSSR count). The van der Waals surface area contributed by atoms with E-state index in [1.165, 1.54) is 0 Å². The van der Waals surface area contributed by atoms with Crippen molar-refractivity contribution in [2.75, 3.05) is 13.2 Å². The standard InChI is InChI=1S/C14H26O4Si/c1-5-17-12(15)14(13(16)18-6-2)9-7-8-10-19(3,4)11-14/h5-11H2,1-4H3. The van der Waals surface area contributed by atoms with Gasteiger partial charge in [0.15, 0.2) is 5.41 Å². The van der Waals surface area contributed by atoms with Crippen molar-refractivity contribution in [1.82, 2.24) is 0 Å². The zero-order valence-corrected chi connectivity index (χ0v) is 13.6. The number of carbonyl (C=O) groups excluding carboxylic acids is 2. The number of hydrogen-bond donors (Lipinski definition) is 0. The van der Waals surface area contributed by atoms with Crippen molar-refractivity contribution < 1.29 is 19.1 Å². The highest BCUT2D eigenvalue weighted by molar-refractivity contribution is 6.78. The van der Waals surface area contributed by atoms with Gasteiger partial charge in [0, 0.05) is 8.07 Å². The molecule has 1 aliphatic rings. The largest absolute Gasteiger partial charge is 0.465 e. The lowest BCUT2D eigenvalue weighted by atomic mass is 9.84. The van der Waals surface area contributed by atoms with Crippen LogP contribution in [-0.4, -0.2) is 33.2 Å². The molecule has 1 aliphatic heterocycles. The molecule has 1 heterocycles. The van der Waals surface area contributed by atoms with Gasteiger partial charge < -0.3 is 9.47 Å². The summed E-state index contributed by atoms with van der Waals surface area (Å²) in [6.07, 6.45) is 2.56. The highest BCUT2D eigenvalue weighted by Crippen LogP contribution is 2.42. The lowest BCUT2D eigenvalue weighted by Gasteiger charge is -2.32. The summed E-state index contributed by atoms with van der Waals surface area (Å²) in [7, 11) is -1.56. The van der Waals surface area contributed by atoms with E-state index in [4.69, 9.17) is 9.47 Å². The van der Waals surface area contributed by atoms with Crippen LogP contribution in [0.2, 0.25) is 25.2 Å². The molecular formula is C14H26O4Si. The summed E-state index contributed by atoms with van der Waals surface area (Å²) in [6.45, 7) is 8.65. The van der Waals surface area contributed by atoms with Crippen LogP contribution in [0.4, 0.5) is 0 Å². The maximum atomic E-state index is 12.4. The fourth-order valence-electron chi connectivity index (χ4n) is 2.99. The Labute approximate surface area is 116 Å². The van der Waals surface area contributed by atoms with Crippen LogP contribution in [0.15, 0.2) is 0 Å². The second-order valence-electron chi connectivity index (χ2n) is 6.07. The van der Waals surface area contributed by atoms with Crippen LogP contribution < -0.4 is 0 Å². The SMILES string of the molecule is CCOC(=O)C1(C(=O)OCC)CCCC[Si](C)(C)C1. The molecule has 0 unspecified atom stereocenters. The molecule has 4 nitrogen and oxygen atoms in total. The van der Waals surface area contributed by atoms with Crippen LogP contribution in [-0.2, 0) is 19.1 Å². The van der Waals surface area contributed by atoms with Gasteiger partial charge in [0.25, 0.3) is 0 Å². The second-order valence-corrected chi connectivity index (χ2v) is 11.3. The van der Waals surface area contributed by atoms with Crippen LogP contribution in [0.5, 0.6) is 0 Å². The van der Waals surface area contributed by atoms with E-state index in [9.17, 15) is 9.59 Å². The van der Waals surface area contributed by atoms with Crippen LogP contribution in [0.25, 0.3) is 0 Å². The minimum Gasteiger partial charge on any atom is -0.465 e. The van der Waals surface area contributed by atoms with Crippen LogP contribution in [0.3, 0.4) is 0 Å². The quantitative estimate of drug-likeness (QED) is 0.453. The maximum absolute atomic E-state index is 12.4. The molecule has 0 saturated carbocycles. The van der Waals surface area contributed by atoms with E-state index in [0.29, 0.717) is 25.7 Å². The van der Waals surface area contributed by atoms with Crippen molar-refractivity contribution in [3.05, 3.63) is 0 Å². The van der Waals surface area contributed by atoms with Crippen molar-refractivity contribution in [3.63, 3.8) is 0 Å². The monoisotopic (exact) mass is 286 g/mol. The summed E-state index contributed by atoms with van der Waals surface area (Å²) in [5.41, 5.74) is -1.04. The molecule has 5 heteroatoms. The number of ether oxygens (including phenoxy) is 2. The molecule has 0 radical (unpaired) electrons. The molecule has 0 aromatic rings. The van der Waals surface area contributed by atoms with Crippen molar-refractivity contribution >= 4 is 20.0 Å². The molecule has 0 bridgehead atoms. The highest BCUT2D eigenvalue weighted by Gasteiger charge is 2.52. The number of esters is 2. The fraction of sp³-hybridized carbons (Fsp3) is 0.857. The first-order valence-electron chi connectivity index (χ1n) is 7.22. The fourth-order valence-corrected chi connectivity index (χ4v) is 6.48. The Kier molecular flexibility index (Phi) is 5.59. The molecule has 0 amide bonds. The molecule has 0 aromatic heterocycles. The third-order valence-electron chi connectivity index (χ3n) is 3.82. The zero-order chi connectivity index (χ0) is 14.5. The summed E-state index contributed by atoms with van der Waals surface area (Å²) < 4.78 is 10.4. The van der Waals surface area contributed by atoms with E-state index in [1.54, 1.807) is 13.8 Å². The Hall–Kier alpha value is -0.843. The summed E-state index contributed by atoms with van der Waals surface area (Å²) in [5, 5.41) is 0. The first-order chi connectivity index (χ1) is 8.88. The van der Waals surface area contributed by atoms with Crippen LogP contribution in [0.1, 0.15) is 33.1 Å². The van der Waals surface area contributed by atoms with E-state index in [0.717, 1.165) is 18.9 Å². The molecule has 19 heavy (non-hydrogen) atoms. The van der Waals surface area contributed by atoms with Gasteiger partial charge >= 0.3 is 11.9 Å². The summed E-state index contributed by atoms with van der Waals surface area (Å²) in [4.78, 5) is 24.8. The molecular weight excluding hydrogens is 260 g/mol. The number of hydrogen-bond acceptors (Lipinski definition) is 4. The van der Waals surface area contributed by atoms with E-state index >= 15 is 0 Å². The minimum atomic E-state index is -1.56. The van der Waals surface area contributed by atoms with Gasteiger partial charge in [0.2, 0.25) is 0 Å². The first-order valence-corrected chi connectivity index (χ1v) is 10.6. The summed E-state index contributed by atoms with van der Waals surface area (Å²) in [6, 6.07) is 1.81. The average Bonchev–Trinajstić information content (AvgIpc) is 2.49. The Morgan fingerprint density at radius 2 is 1.58 bits per heavy atom. The maximum Gasteiger partial charge on any atom is 0.323 e. The van der Waals surface area contributed by atoms with E-state index < -0.39 is 13.5 Å². The predicted octanol–water partition coefficient (Wildman–Crippen LogP) is 2.99. The molecule has 0 aromatic carbocycles. The highest BCUT2D eigenvalue weighted by atomic mass is 28.3. The van der Waals surface area contributed by atoms with Gasteiger partial charge in [-0.05, 0) is 26.3 Å². The predicted molar refractivity (Wildman–Crippen MR) is 76.6 cm³/mol. The van der Waals surface area contributed by atoms with Crippen molar-refractivity contribution in [1.29, 1.82) is 0 Å². The van der Waals surface area contributed by atoms with Crippen LogP contribution in [0, 0.1) is 5.41 Å². The van der Waals surface area contributed by atoms with Crippen molar-refractivity contribution in [3.8, 4) is 0 Å². The van der Waals surface area contributed by atoms with Gasteiger partial charge in [-0.15, -0.1) is 0 Å². The van der Waals surface area contributed by atoms with Gasteiger partial charge in [-0.1, -0.05) is 32.0 Å². The van der Waals surface area contributed by atoms with E-state index in [-0.39, 0.29) is 11.9 Å². The van der Waals surface area contributed by atoms with Gasteiger partial charge in [-0.25, -0.2) is 0 Å². The smallest absolute Gasteiger partial charge is 0.323 e. The Balaban J connectivity index is 3.08. The van der Waals surface area contributed by atoms with Gasteiger partial charge in [0.1, 0.15) is 0 Å². The first kappa shape index (κ1) is 16.2. The molecule has 1 saturated heterocycles. The van der Waals surface area contributed by atoms with E-state index in [2.05, 4.69) is 13.1 Å². The number of rotatable bonds is 4. The molecule has 0 spiro atoms. The Morgan fingerprint density at radius 1 is 1.05 bits per heavy atom. The third-order valence-corrected chi connectivity index (χ3v) is 7.09. The molecule has 0 aliphatic carbocycles. The normalized spacial score (nSPS) is 21.3. The Morgan fingerprint density at radius 3 is 2.05 bits per heavy atom. The minimum absolute atomic E-state index is 0.308. The summed E-state index contributed by atoms with van der Waals surface area (Å²) >= 11 is 0. The zero-order valence-electron chi connectivity index (χ0n) is 12.6. The van der Waals surface area contributed by atoms with Gasteiger partial charge in [0.05, 0.1) is 13.2 Å². The van der Waals surface area contributed by atoms with Crippen molar-refractivity contribution in [2.24, 2.45) is 5.41 Å². The molecule has 1 fully saturated rings. The van der Waals surface area contributed by atoms with Gasteiger partial charge in [-0.3, -0.25) is 9.59 Å². The summed E-state index contributed by atoms with van der Waals surface area (Å²) in [5.74, 6) is -0.758. The van der Waals surface area contributed by atoms with E-state index in [1.807, 2.05) is 0 Å². The molecule has 0 N–H and O–H groups in total. The Bertz CT molecular complexity index is 320. The second kappa shape index (κ2) is 6.55. The third kappa shape index (κ3) is 3.81. The number of carbonyl (C=O) groups is 2. The topological polar surface area (TPSA) is 52.6 Å².